The molecule has 186 valence electrons. The van der Waals surface area contributed by atoms with Crippen molar-refractivity contribution in [1.29, 1.82) is 0 Å². The van der Waals surface area contributed by atoms with Gasteiger partial charge in [0.05, 0.1) is 21.2 Å². The molecule has 0 unspecified atom stereocenters. The van der Waals surface area contributed by atoms with Gasteiger partial charge in [-0.15, -0.1) is 0 Å². The molecule has 0 saturated carbocycles. The van der Waals surface area contributed by atoms with Crippen molar-refractivity contribution in [3.05, 3.63) is 69.0 Å². The number of nitrogens with one attached hydrogen (secondary N) is 2. The zero-order chi connectivity index (χ0) is 25.3. The normalized spacial score (nSPS) is 20.7. The molecule has 1 aromatic carbocycles. The van der Waals surface area contributed by atoms with E-state index in [9.17, 15) is 18.7 Å². The average Bonchev–Trinajstić information content (AvgIpc) is 3.20. The number of H-pyrrole nitrogens is 1. The lowest BCUT2D eigenvalue weighted by Crippen LogP contribution is -2.49. The number of aromatic nitrogens is 3. The number of carboxylic acid groups (broad SMARTS) is 1. The minimum Gasteiger partial charge on any atom is -0.481 e. The molecule has 0 spiro atoms. The summed E-state index contributed by atoms with van der Waals surface area (Å²) in [5, 5.41) is 19.9. The maximum atomic E-state index is 14.7. The van der Waals surface area contributed by atoms with Gasteiger partial charge in [0.1, 0.15) is 11.6 Å². The molecule has 1 saturated heterocycles. The van der Waals surface area contributed by atoms with Crippen LogP contribution in [-0.2, 0) is 17.8 Å². The van der Waals surface area contributed by atoms with Crippen molar-refractivity contribution >= 4 is 40.8 Å². The lowest BCUT2D eigenvalue weighted by Gasteiger charge is -2.43. The first-order valence-electron chi connectivity index (χ1n) is 11.1. The Morgan fingerprint density at radius 1 is 1.26 bits per heavy atom. The van der Waals surface area contributed by atoms with E-state index in [0.717, 1.165) is 11.3 Å². The average molecular weight is 524 g/mol. The number of nitrogens with zero attached hydrogens (tertiary/aromatic N) is 3. The Kier molecular flexibility index (Phi) is 7.30. The van der Waals surface area contributed by atoms with Crippen molar-refractivity contribution in [2.45, 2.75) is 45.7 Å². The molecule has 2 aromatic heterocycles. The van der Waals surface area contributed by atoms with Crippen LogP contribution in [0.5, 0.6) is 0 Å². The van der Waals surface area contributed by atoms with E-state index in [1.807, 2.05) is 13.8 Å². The van der Waals surface area contributed by atoms with Crippen LogP contribution in [0.15, 0.2) is 30.3 Å². The van der Waals surface area contributed by atoms with Gasteiger partial charge in [0.2, 0.25) is 0 Å². The lowest BCUT2D eigenvalue weighted by atomic mass is 9.72. The van der Waals surface area contributed by atoms with Gasteiger partial charge in [-0.25, -0.2) is 13.8 Å². The third kappa shape index (κ3) is 5.58. The predicted octanol–water partition coefficient (Wildman–Crippen LogP) is 5.74. The van der Waals surface area contributed by atoms with E-state index in [0.29, 0.717) is 37.6 Å². The summed E-state index contributed by atoms with van der Waals surface area (Å²) in [5.74, 6) is -1.30. The van der Waals surface area contributed by atoms with E-state index < -0.39 is 23.0 Å². The molecule has 35 heavy (non-hydrogen) atoms. The van der Waals surface area contributed by atoms with Crippen LogP contribution in [0.2, 0.25) is 10.0 Å². The number of hydrogen-bond donors (Lipinski definition) is 3. The fraction of sp³-hybridized carbons (Fsp3) is 0.375. The number of carboxylic acids is 1. The molecule has 2 atom stereocenters. The standard InChI is InChI=1S/C24H25Cl2F2N5O2/c1-13-7-21(32-31-13)30-20-4-3-18(27)19(29-20)11-24(23(34)35)5-6-33(14(2)10-24)12-15-8-16(25)22(28)17(26)9-15/h3-4,7-9,14H,5-6,10-12H2,1-2H3,(H,34,35)(H2,29,30,31,32)/t14-,24-/m1/s1. The number of pyridine rings is 1. The summed E-state index contributed by atoms with van der Waals surface area (Å²) in [7, 11) is 0. The van der Waals surface area contributed by atoms with E-state index in [2.05, 4.69) is 25.4 Å². The van der Waals surface area contributed by atoms with Gasteiger partial charge in [-0.3, -0.25) is 14.8 Å². The largest absolute Gasteiger partial charge is 0.481 e. The van der Waals surface area contributed by atoms with Gasteiger partial charge in [0.15, 0.2) is 11.6 Å². The quantitative estimate of drug-likeness (QED) is 0.342. The zero-order valence-electron chi connectivity index (χ0n) is 19.2. The molecule has 7 nitrogen and oxygen atoms in total. The molecule has 4 rings (SSSR count). The smallest absolute Gasteiger partial charge is 0.310 e. The molecule has 3 aromatic rings. The molecule has 0 amide bonds. The summed E-state index contributed by atoms with van der Waals surface area (Å²) in [4.78, 5) is 18.9. The predicted molar refractivity (Wildman–Crippen MR) is 130 cm³/mol. The zero-order valence-corrected chi connectivity index (χ0v) is 20.7. The number of anilines is 2. The van der Waals surface area contributed by atoms with Crippen molar-refractivity contribution in [1.82, 2.24) is 20.1 Å². The van der Waals surface area contributed by atoms with Crippen LogP contribution in [0.1, 0.15) is 36.7 Å². The van der Waals surface area contributed by atoms with Gasteiger partial charge >= 0.3 is 5.97 Å². The Bertz CT molecular complexity index is 1230. The summed E-state index contributed by atoms with van der Waals surface area (Å²) in [6.45, 7) is 4.66. The molecular weight excluding hydrogens is 499 g/mol. The van der Waals surface area contributed by atoms with Crippen molar-refractivity contribution in [2.75, 3.05) is 11.9 Å². The molecule has 3 heterocycles. The number of rotatable bonds is 7. The van der Waals surface area contributed by atoms with Crippen LogP contribution < -0.4 is 5.32 Å². The first kappa shape index (κ1) is 25.3. The van der Waals surface area contributed by atoms with Gasteiger partial charge in [-0.05, 0) is 63.1 Å². The summed E-state index contributed by atoms with van der Waals surface area (Å²) in [5.41, 5.74) is 0.493. The molecule has 1 aliphatic rings. The number of benzene rings is 1. The second-order valence-electron chi connectivity index (χ2n) is 9.10. The number of aliphatic carboxylic acids is 1. The van der Waals surface area contributed by atoms with Crippen LogP contribution in [0.3, 0.4) is 0 Å². The highest BCUT2D eigenvalue weighted by atomic mass is 35.5. The number of halogens is 4. The molecule has 1 fully saturated rings. The minimum absolute atomic E-state index is 0.0460. The second-order valence-corrected chi connectivity index (χ2v) is 9.91. The summed E-state index contributed by atoms with van der Waals surface area (Å²) >= 11 is 11.8. The SMILES string of the molecule is Cc1cc(Nc2ccc(F)c(C[C@@]3(C(=O)O)CCN(Cc4cc(Cl)c(F)c(Cl)c4)[C@H](C)C3)n2)n[nH]1. The monoisotopic (exact) mass is 523 g/mol. The number of aromatic amines is 1. The molecule has 0 bridgehead atoms. The van der Waals surface area contributed by atoms with E-state index in [1.54, 1.807) is 6.07 Å². The summed E-state index contributed by atoms with van der Waals surface area (Å²) in [6.07, 6.45) is 0.546. The second kappa shape index (κ2) is 10.1. The van der Waals surface area contributed by atoms with Crippen molar-refractivity contribution in [3.8, 4) is 0 Å². The van der Waals surface area contributed by atoms with Gasteiger partial charge in [0.25, 0.3) is 0 Å². The Morgan fingerprint density at radius 2 is 1.97 bits per heavy atom. The maximum Gasteiger partial charge on any atom is 0.310 e. The Morgan fingerprint density at radius 3 is 2.57 bits per heavy atom. The number of aryl methyl sites for hydroxylation is 1. The molecule has 1 aliphatic heterocycles. The number of hydrogen-bond acceptors (Lipinski definition) is 5. The molecule has 0 aliphatic carbocycles. The third-order valence-electron chi connectivity index (χ3n) is 6.46. The minimum atomic E-state index is -1.18. The van der Waals surface area contributed by atoms with Gasteiger partial charge in [0, 0.05) is 30.8 Å². The highest BCUT2D eigenvalue weighted by molar-refractivity contribution is 6.35. The third-order valence-corrected chi connectivity index (χ3v) is 7.01. The van der Waals surface area contributed by atoms with Crippen LogP contribution in [-0.4, -0.2) is 43.7 Å². The first-order valence-corrected chi connectivity index (χ1v) is 11.9. The van der Waals surface area contributed by atoms with Gasteiger partial charge in [-0.1, -0.05) is 23.2 Å². The van der Waals surface area contributed by atoms with E-state index in [1.165, 1.54) is 24.3 Å². The number of likely N-dealkylation sites (tertiary alicyclic amines) is 1. The maximum absolute atomic E-state index is 14.7. The van der Waals surface area contributed by atoms with Crippen molar-refractivity contribution in [2.24, 2.45) is 5.41 Å². The van der Waals surface area contributed by atoms with Crippen LogP contribution >= 0.6 is 23.2 Å². The Labute approximate surface area is 211 Å². The van der Waals surface area contributed by atoms with Gasteiger partial charge < -0.3 is 10.4 Å². The highest BCUT2D eigenvalue weighted by Crippen LogP contribution is 2.39. The molecule has 3 N–H and O–H groups in total. The fourth-order valence-electron chi connectivity index (χ4n) is 4.59. The summed E-state index contributed by atoms with van der Waals surface area (Å²) in [6, 6.07) is 7.45. The molecule has 0 radical (unpaired) electrons. The van der Waals surface area contributed by atoms with E-state index in [4.69, 9.17) is 23.2 Å². The fourth-order valence-corrected chi connectivity index (χ4v) is 5.12. The Hall–Kier alpha value is -2.75. The lowest BCUT2D eigenvalue weighted by molar-refractivity contribution is -0.153. The van der Waals surface area contributed by atoms with Crippen LogP contribution in [0.25, 0.3) is 0 Å². The summed E-state index contributed by atoms with van der Waals surface area (Å²) < 4.78 is 28.5. The van der Waals surface area contributed by atoms with Crippen LogP contribution in [0.4, 0.5) is 20.4 Å². The topological polar surface area (TPSA) is 94.1 Å². The van der Waals surface area contributed by atoms with Gasteiger partial charge in [-0.2, -0.15) is 5.10 Å². The number of carbonyl (C=O) groups is 1. The number of piperidine rings is 1. The first-order chi connectivity index (χ1) is 16.6. The van der Waals surface area contributed by atoms with E-state index in [-0.39, 0.29) is 28.2 Å². The Balaban J connectivity index is 1.51. The van der Waals surface area contributed by atoms with Crippen molar-refractivity contribution < 1.29 is 18.7 Å². The highest BCUT2D eigenvalue weighted by Gasteiger charge is 2.45. The molecule has 11 heteroatoms. The molecular formula is C24H25Cl2F2N5O2. The van der Waals surface area contributed by atoms with Crippen molar-refractivity contribution in [3.63, 3.8) is 0 Å². The van der Waals surface area contributed by atoms with E-state index >= 15 is 0 Å². The van der Waals surface area contributed by atoms with Crippen LogP contribution in [0, 0.1) is 24.0 Å².